The predicted octanol–water partition coefficient (Wildman–Crippen LogP) is 3.70. The van der Waals surface area contributed by atoms with Crippen molar-refractivity contribution in [2.45, 2.75) is 19.9 Å². The number of carbonyl (C=O) groups excluding carboxylic acids is 1. The topological polar surface area (TPSA) is 88.1 Å². The number of nitrogens with one attached hydrogen (secondary N) is 1. The third kappa shape index (κ3) is 6.09. The minimum Gasteiger partial charge on any atom is -0.494 e. The van der Waals surface area contributed by atoms with Gasteiger partial charge < -0.3 is 4.74 Å². The first-order chi connectivity index (χ1) is 13.6. The predicted molar refractivity (Wildman–Crippen MR) is 117 cm³/mol. The van der Waals surface area contributed by atoms with Crippen LogP contribution in [0.5, 0.6) is 5.75 Å². The lowest BCUT2D eigenvalue weighted by molar-refractivity contribution is -0.121. The van der Waals surface area contributed by atoms with E-state index in [9.17, 15) is 13.2 Å². The fraction of sp³-hybridized carbons (Fsp3) is 0.263. The van der Waals surface area contributed by atoms with E-state index in [0.717, 1.165) is 10.6 Å². The highest BCUT2D eigenvalue weighted by molar-refractivity contribution is 7.92. The maximum atomic E-state index is 12.5. The number of rotatable bonds is 8. The van der Waals surface area contributed by atoms with E-state index in [1.807, 2.05) is 6.92 Å². The molecule has 0 bridgehead atoms. The smallest absolute Gasteiger partial charge is 0.263 e. The van der Waals surface area contributed by atoms with E-state index >= 15 is 0 Å². The van der Waals surface area contributed by atoms with Gasteiger partial charge in [0.25, 0.3) is 5.91 Å². The molecule has 0 saturated heterocycles. The van der Waals surface area contributed by atoms with Crippen LogP contribution in [0.25, 0.3) is 0 Å². The highest BCUT2D eigenvalue weighted by atomic mass is 35.5. The zero-order valence-electron chi connectivity index (χ0n) is 16.1. The number of ether oxygens (including phenoxy) is 1. The minimum atomic E-state index is -3.74. The summed E-state index contributed by atoms with van der Waals surface area (Å²) in [5.41, 5.74) is 3.09. The second-order valence-electron chi connectivity index (χ2n) is 6.03. The summed E-state index contributed by atoms with van der Waals surface area (Å²) in [4.78, 5) is 12.5. The molecule has 1 N–H and O–H groups in total. The number of benzene rings is 2. The first-order valence-electron chi connectivity index (χ1n) is 8.64. The highest BCUT2D eigenvalue weighted by Gasteiger charge is 2.29. The fourth-order valence-electron chi connectivity index (χ4n) is 2.55. The molecule has 7 nitrogen and oxygen atoms in total. The molecule has 0 aromatic heterocycles. The molecule has 0 aliphatic rings. The number of hydrazone groups is 1. The van der Waals surface area contributed by atoms with Crippen LogP contribution in [0.1, 0.15) is 19.4 Å². The second kappa shape index (κ2) is 9.96. The molecule has 156 valence electrons. The van der Waals surface area contributed by atoms with Crippen LogP contribution in [-0.4, -0.2) is 39.4 Å². The highest BCUT2D eigenvalue weighted by Crippen LogP contribution is 2.24. The molecule has 0 aliphatic carbocycles. The third-order valence-electron chi connectivity index (χ3n) is 3.86. The molecule has 0 heterocycles. The van der Waals surface area contributed by atoms with Crippen molar-refractivity contribution in [2.24, 2.45) is 5.10 Å². The lowest BCUT2D eigenvalue weighted by Gasteiger charge is -2.27. The van der Waals surface area contributed by atoms with Gasteiger partial charge in [-0.1, -0.05) is 29.3 Å². The number of nitrogens with zero attached hydrogens (tertiary/aromatic N) is 2. The average Bonchev–Trinajstić information content (AvgIpc) is 2.64. The van der Waals surface area contributed by atoms with Crippen molar-refractivity contribution in [3.05, 3.63) is 58.1 Å². The van der Waals surface area contributed by atoms with Gasteiger partial charge in [0.1, 0.15) is 11.8 Å². The van der Waals surface area contributed by atoms with Crippen LogP contribution in [-0.2, 0) is 14.8 Å². The number of hydrogen-bond acceptors (Lipinski definition) is 5. The number of amides is 1. The summed E-state index contributed by atoms with van der Waals surface area (Å²) in [6.45, 7) is 3.80. The van der Waals surface area contributed by atoms with E-state index in [1.54, 1.807) is 42.5 Å². The number of halogens is 2. The standard InChI is InChI=1S/C19H21Cl2N3O4S/c1-4-28-15-10-8-14(9-11-15)24(29(3,26)27)13(2)19(25)23-22-12-16-17(20)6-5-7-18(16)21/h5-13H,4H2,1-3H3,(H,23,25)/t13-/m0/s1. The van der Waals surface area contributed by atoms with Crippen molar-refractivity contribution >= 4 is 51.0 Å². The normalized spacial score (nSPS) is 12.6. The summed E-state index contributed by atoms with van der Waals surface area (Å²) in [7, 11) is -3.74. The van der Waals surface area contributed by atoms with Crippen molar-refractivity contribution in [2.75, 3.05) is 17.2 Å². The quantitative estimate of drug-likeness (QED) is 0.483. The Balaban J connectivity index is 2.19. The van der Waals surface area contributed by atoms with E-state index in [1.165, 1.54) is 13.1 Å². The summed E-state index contributed by atoms with van der Waals surface area (Å²) in [6.07, 6.45) is 2.33. The Hall–Kier alpha value is -2.29. The lowest BCUT2D eigenvalue weighted by atomic mass is 10.2. The molecule has 0 saturated carbocycles. The Bertz CT molecular complexity index is 975. The molecule has 0 radical (unpaired) electrons. The van der Waals surface area contributed by atoms with E-state index in [4.69, 9.17) is 27.9 Å². The number of carbonyl (C=O) groups is 1. The minimum absolute atomic E-state index is 0.330. The maximum Gasteiger partial charge on any atom is 0.263 e. The number of hydrogen-bond donors (Lipinski definition) is 1. The van der Waals surface area contributed by atoms with Crippen LogP contribution in [0, 0.1) is 0 Å². The zero-order valence-corrected chi connectivity index (χ0v) is 18.4. The van der Waals surface area contributed by atoms with Crippen LogP contribution >= 0.6 is 23.2 Å². The summed E-state index contributed by atoms with van der Waals surface area (Å²) >= 11 is 12.1. The lowest BCUT2D eigenvalue weighted by Crippen LogP contribution is -2.46. The van der Waals surface area contributed by atoms with Gasteiger partial charge in [0.2, 0.25) is 10.0 Å². The first kappa shape index (κ1) is 23.0. The van der Waals surface area contributed by atoms with Crippen molar-refractivity contribution in [3.63, 3.8) is 0 Å². The Morgan fingerprint density at radius 1 is 1.21 bits per heavy atom. The summed E-state index contributed by atoms with van der Waals surface area (Å²) in [6, 6.07) is 10.3. The van der Waals surface area contributed by atoms with Gasteiger partial charge in [-0.15, -0.1) is 0 Å². The van der Waals surface area contributed by atoms with Crippen LogP contribution < -0.4 is 14.5 Å². The molecule has 0 aliphatic heterocycles. The molecule has 1 atom stereocenters. The molecule has 2 rings (SSSR count). The van der Waals surface area contributed by atoms with Gasteiger partial charge in [-0.2, -0.15) is 5.10 Å². The first-order valence-corrected chi connectivity index (χ1v) is 11.2. The van der Waals surface area contributed by atoms with Crippen LogP contribution in [0.2, 0.25) is 10.0 Å². The van der Waals surface area contributed by atoms with Crippen molar-refractivity contribution < 1.29 is 17.9 Å². The molecule has 0 unspecified atom stereocenters. The van der Waals surface area contributed by atoms with Crippen LogP contribution in [0.15, 0.2) is 47.6 Å². The van der Waals surface area contributed by atoms with Gasteiger partial charge in [-0.25, -0.2) is 13.8 Å². The van der Waals surface area contributed by atoms with Crippen molar-refractivity contribution in [1.29, 1.82) is 0 Å². The van der Waals surface area contributed by atoms with Crippen LogP contribution in [0.3, 0.4) is 0 Å². The van der Waals surface area contributed by atoms with E-state index in [-0.39, 0.29) is 0 Å². The van der Waals surface area contributed by atoms with Gasteiger partial charge >= 0.3 is 0 Å². The third-order valence-corrected chi connectivity index (χ3v) is 5.76. The number of sulfonamides is 1. The molecular formula is C19H21Cl2N3O4S. The number of anilines is 1. The summed E-state index contributed by atoms with van der Waals surface area (Å²) < 4.78 is 31.0. The van der Waals surface area contributed by atoms with E-state index in [2.05, 4.69) is 10.5 Å². The molecule has 29 heavy (non-hydrogen) atoms. The molecule has 2 aromatic rings. The summed E-state index contributed by atoms with van der Waals surface area (Å²) in [5, 5.41) is 4.59. The van der Waals surface area contributed by atoms with E-state index in [0.29, 0.717) is 33.7 Å². The molecule has 0 spiro atoms. The van der Waals surface area contributed by atoms with Crippen molar-refractivity contribution in [1.82, 2.24) is 5.43 Å². The SMILES string of the molecule is CCOc1ccc(N([C@@H](C)C(=O)NN=Cc2c(Cl)cccc2Cl)S(C)(=O)=O)cc1. The molecule has 10 heteroatoms. The molecule has 2 aromatic carbocycles. The Morgan fingerprint density at radius 3 is 2.31 bits per heavy atom. The Labute approximate surface area is 180 Å². The largest absolute Gasteiger partial charge is 0.494 e. The second-order valence-corrected chi connectivity index (χ2v) is 8.71. The van der Waals surface area contributed by atoms with Crippen molar-refractivity contribution in [3.8, 4) is 5.75 Å². The van der Waals surface area contributed by atoms with Gasteiger partial charge in [0.05, 0.1) is 34.8 Å². The van der Waals surface area contributed by atoms with Gasteiger partial charge in [-0.05, 0) is 50.2 Å². The fourth-order valence-corrected chi connectivity index (χ4v) is 4.22. The Kier molecular flexibility index (Phi) is 7.89. The van der Waals surface area contributed by atoms with Gasteiger partial charge in [0.15, 0.2) is 0 Å². The van der Waals surface area contributed by atoms with Gasteiger partial charge in [0, 0.05) is 5.56 Å². The molecule has 0 fully saturated rings. The Morgan fingerprint density at radius 2 is 1.79 bits per heavy atom. The molecular weight excluding hydrogens is 437 g/mol. The average molecular weight is 458 g/mol. The summed E-state index contributed by atoms with van der Waals surface area (Å²) in [5.74, 6) is -0.0215. The van der Waals surface area contributed by atoms with E-state index < -0.39 is 22.0 Å². The maximum absolute atomic E-state index is 12.5. The molecule has 1 amide bonds. The van der Waals surface area contributed by atoms with Gasteiger partial charge in [-0.3, -0.25) is 9.10 Å². The zero-order chi connectivity index (χ0) is 21.6. The monoisotopic (exact) mass is 457 g/mol. The van der Waals surface area contributed by atoms with Crippen LogP contribution in [0.4, 0.5) is 5.69 Å².